The van der Waals surface area contributed by atoms with E-state index in [0.29, 0.717) is 38.2 Å². The summed E-state index contributed by atoms with van der Waals surface area (Å²) < 4.78 is 14.1. The molecule has 3 aliphatic rings. The molecule has 1 unspecified atom stereocenters. The van der Waals surface area contributed by atoms with E-state index in [1.54, 1.807) is 0 Å². The highest BCUT2D eigenvalue weighted by Crippen LogP contribution is 2.30. The van der Waals surface area contributed by atoms with Gasteiger partial charge in [-0.05, 0) is 17.5 Å². The minimum atomic E-state index is -1.22. The highest BCUT2D eigenvalue weighted by Gasteiger charge is 2.40. The van der Waals surface area contributed by atoms with Gasteiger partial charge in [0.15, 0.2) is 0 Å². The van der Waals surface area contributed by atoms with E-state index in [2.05, 4.69) is 16.0 Å². The van der Waals surface area contributed by atoms with Crippen LogP contribution < -0.4 is 16.0 Å². The molecule has 3 aliphatic heterocycles. The number of fused-ring (bicyclic) bond motifs is 1. The summed E-state index contributed by atoms with van der Waals surface area (Å²) >= 11 is 0. The van der Waals surface area contributed by atoms with E-state index in [4.69, 9.17) is 0 Å². The lowest BCUT2D eigenvalue weighted by atomic mass is 9.99. The fourth-order valence-corrected chi connectivity index (χ4v) is 3.78. The molecule has 26 heavy (non-hydrogen) atoms. The first-order valence-corrected chi connectivity index (χ1v) is 8.83. The number of rotatable bonds is 5. The van der Waals surface area contributed by atoms with Gasteiger partial charge in [0.05, 0.1) is 0 Å². The summed E-state index contributed by atoms with van der Waals surface area (Å²) in [5.41, 5.74) is 1.03. The number of nitrogens with one attached hydrogen (secondary N) is 3. The van der Waals surface area contributed by atoms with Gasteiger partial charge in [0, 0.05) is 44.7 Å². The molecule has 0 aromatic heterocycles. The molecule has 0 aliphatic carbocycles. The van der Waals surface area contributed by atoms with Gasteiger partial charge in [-0.2, -0.15) is 0 Å². The molecule has 3 heterocycles. The Labute approximate surface area is 150 Å². The van der Waals surface area contributed by atoms with Gasteiger partial charge in [0.25, 0.3) is 5.91 Å². The van der Waals surface area contributed by atoms with E-state index in [-0.39, 0.29) is 24.8 Å². The van der Waals surface area contributed by atoms with Crippen LogP contribution in [0.25, 0.3) is 0 Å². The Morgan fingerprint density at radius 3 is 2.77 bits per heavy atom. The summed E-state index contributed by atoms with van der Waals surface area (Å²) in [7, 11) is 0. The Morgan fingerprint density at radius 2 is 2.08 bits per heavy atom. The van der Waals surface area contributed by atoms with Crippen LogP contribution in [0, 0.1) is 0 Å². The van der Waals surface area contributed by atoms with Crippen LogP contribution in [0.15, 0.2) is 18.2 Å². The molecule has 2 saturated heterocycles. The zero-order valence-electron chi connectivity index (χ0n) is 14.3. The fraction of sp³-hybridized carbons (Fsp3) is 0.500. The normalized spacial score (nSPS) is 24.3. The maximum atomic E-state index is 14.1. The molecule has 2 fully saturated rings. The number of hydrogen-bond acceptors (Lipinski definition) is 5. The highest BCUT2D eigenvalue weighted by molar-refractivity contribution is 6.05. The molecule has 0 radical (unpaired) electrons. The van der Waals surface area contributed by atoms with E-state index in [9.17, 15) is 18.8 Å². The number of piperidine rings is 1. The Morgan fingerprint density at radius 1 is 1.27 bits per heavy atom. The Kier molecular flexibility index (Phi) is 4.24. The van der Waals surface area contributed by atoms with Gasteiger partial charge in [-0.3, -0.25) is 19.7 Å². The first-order chi connectivity index (χ1) is 12.5. The number of halogens is 1. The van der Waals surface area contributed by atoms with Crippen molar-refractivity contribution in [3.63, 3.8) is 0 Å². The number of amides is 3. The van der Waals surface area contributed by atoms with Crippen LogP contribution in [0.5, 0.6) is 0 Å². The molecule has 7 nitrogen and oxygen atoms in total. The van der Waals surface area contributed by atoms with E-state index in [1.807, 2.05) is 18.2 Å². The summed E-state index contributed by atoms with van der Waals surface area (Å²) in [6.45, 7) is 1.66. The van der Waals surface area contributed by atoms with Crippen molar-refractivity contribution in [1.29, 1.82) is 0 Å². The molecular formula is C18H21FN4O3. The molecule has 1 aromatic rings. The molecule has 0 spiro atoms. The second-order valence-corrected chi connectivity index (χ2v) is 7.21. The summed E-state index contributed by atoms with van der Waals surface area (Å²) in [6, 6.07) is 4.97. The van der Waals surface area contributed by atoms with Crippen molar-refractivity contribution in [1.82, 2.24) is 20.9 Å². The number of hydrogen-bond donors (Lipinski definition) is 3. The largest absolute Gasteiger partial charge is 0.322 e. The number of carbonyl (C=O) groups is 3. The number of carbonyl (C=O) groups excluding carboxylic acids is 3. The predicted molar refractivity (Wildman–Crippen MR) is 90.9 cm³/mol. The molecule has 3 N–H and O–H groups in total. The minimum absolute atomic E-state index is 0.202. The molecule has 1 aromatic carbocycles. The minimum Gasteiger partial charge on any atom is -0.322 e. The van der Waals surface area contributed by atoms with Crippen molar-refractivity contribution >= 4 is 17.7 Å². The zero-order chi connectivity index (χ0) is 18.3. The lowest BCUT2D eigenvalue weighted by molar-refractivity contribution is -0.136. The monoisotopic (exact) mass is 360 g/mol. The molecule has 0 bridgehead atoms. The van der Waals surface area contributed by atoms with E-state index >= 15 is 0 Å². The van der Waals surface area contributed by atoms with Gasteiger partial charge < -0.3 is 15.5 Å². The van der Waals surface area contributed by atoms with Crippen molar-refractivity contribution in [2.75, 3.05) is 19.6 Å². The van der Waals surface area contributed by atoms with E-state index in [0.717, 1.165) is 11.1 Å². The summed E-state index contributed by atoms with van der Waals surface area (Å²) in [6.07, 6.45) is 0.576. The second-order valence-electron chi connectivity index (χ2n) is 7.21. The topological polar surface area (TPSA) is 90.5 Å². The van der Waals surface area contributed by atoms with Gasteiger partial charge in [-0.1, -0.05) is 18.2 Å². The molecule has 3 amide bonds. The van der Waals surface area contributed by atoms with Crippen LogP contribution in [0.1, 0.15) is 34.3 Å². The highest BCUT2D eigenvalue weighted by atomic mass is 19.1. The van der Waals surface area contributed by atoms with Crippen LogP contribution in [0.2, 0.25) is 0 Å². The Hall–Kier alpha value is -2.32. The number of nitrogens with zero attached hydrogens (tertiary/aromatic N) is 1. The number of benzene rings is 1. The molecule has 1 atom stereocenters. The quantitative estimate of drug-likeness (QED) is 0.636. The molecule has 138 valence electrons. The SMILES string of the molecule is O=C1CCC(N2Cc3cccc(CNCC4(F)CNC4)c3C2=O)C(=O)N1. The zero-order valence-corrected chi connectivity index (χ0v) is 14.3. The summed E-state index contributed by atoms with van der Waals surface area (Å²) in [5.74, 6) is -0.919. The lowest BCUT2D eigenvalue weighted by Gasteiger charge is -2.35. The summed E-state index contributed by atoms with van der Waals surface area (Å²) in [5, 5.41) is 8.30. The van der Waals surface area contributed by atoms with Gasteiger partial charge in [0.1, 0.15) is 11.7 Å². The van der Waals surface area contributed by atoms with Crippen LogP contribution in [-0.4, -0.2) is 54.0 Å². The van der Waals surface area contributed by atoms with Crippen molar-refractivity contribution < 1.29 is 18.8 Å². The van der Waals surface area contributed by atoms with Crippen molar-refractivity contribution in [2.45, 2.75) is 37.6 Å². The van der Waals surface area contributed by atoms with Crippen molar-refractivity contribution in [3.05, 3.63) is 34.9 Å². The van der Waals surface area contributed by atoms with Crippen molar-refractivity contribution in [2.24, 2.45) is 0 Å². The third-order valence-corrected chi connectivity index (χ3v) is 5.28. The fourth-order valence-electron chi connectivity index (χ4n) is 3.78. The van der Waals surface area contributed by atoms with Crippen LogP contribution in [0.4, 0.5) is 4.39 Å². The first-order valence-electron chi connectivity index (χ1n) is 8.83. The molecular weight excluding hydrogens is 339 g/mol. The Bertz CT molecular complexity index is 778. The van der Waals surface area contributed by atoms with Crippen LogP contribution >= 0.6 is 0 Å². The van der Waals surface area contributed by atoms with Gasteiger partial charge in [-0.15, -0.1) is 0 Å². The Balaban J connectivity index is 1.47. The van der Waals surface area contributed by atoms with Crippen molar-refractivity contribution in [3.8, 4) is 0 Å². The van der Waals surface area contributed by atoms with Gasteiger partial charge in [0.2, 0.25) is 11.8 Å². The van der Waals surface area contributed by atoms with Crippen LogP contribution in [-0.2, 0) is 22.7 Å². The number of alkyl halides is 1. The van der Waals surface area contributed by atoms with Gasteiger partial charge in [-0.25, -0.2) is 4.39 Å². The smallest absolute Gasteiger partial charge is 0.255 e. The van der Waals surface area contributed by atoms with E-state index in [1.165, 1.54) is 4.90 Å². The van der Waals surface area contributed by atoms with Crippen LogP contribution in [0.3, 0.4) is 0 Å². The number of imide groups is 1. The van der Waals surface area contributed by atoms with E-state index < -0.39 is 17.6 Å². The molecule has 8 heteroatoms. The van der Waals surface area contributed by atoms with Gasteiger partial charge >= 0.3 is 0 Å². The third-order valence-electron chi connectivity index (χ3n) is 5.28. The lowest BCUT2D eigenvalue weighted by Crippen LogP contribution is -2.61. The summed E-state index contributed by atoms with van der Waals surface area (Å²) in [4.78, 5) is 37.9. The maximum Gasteiger partial charge on any atom is 0.255 e. The third kappa shape index (κ3) is 2.99. The second kappa shape index (κ2) is 6.44. The maximum absolute atomic E-state index is 14.1. The average molecular weight is 360 g/mol. The average Bonchev–Trinajstić information content (AvgIpc) is 2.91. The molecule has 4 rings (SSSR count). The molecule has 0 saturated carbocycles. The first kappa shape index (κ1) is 17.1. The predicted octanol–water partition coefficient (Wildman–Crippen LogP) is -0.151. The standard InChI is InChI=1S/C18H21FN4O3/c19-18(9-21-10-18)8-20-6-11-2-1-3-12-7-23(17(26)15(11)12)13-4-5-14(24)22-16(13)25/h1-3,13,20-21H,4-10H2,(H,22,24,25).